The Morgan fingerprint density at radius 3 is 2.17 bits per heavy atom. The maximum absolute atomic E-state index is 12.6. The monoisotopic (exact) mass is 259 g/mol. The zero-order valence-electron chi connectivity index (χ0n) is 10.6. The highest BCUT2D eigenvalue weighted by atomic mass is 19.4. The van der Waals surface area contributed by atoms with Gasteiger partial charge in [-0.15, -0.1) is 0 Å². The van der Waals surface area contributed by atoms with E-state index >= 15 is 0 Å². The summed E-state index contributed by atoms with van der Waals surface area (Å²) in [6.45, 7) is 4.71. The molecule has 0 saturated heterocycles. The second-order valence-corrected chi connectivity index (χ2v) is 4.38. The van der Waals surface area contributed by atoms with Gasteiger partial charge < -0.3 is 5.32 Å². The van der Waals surface area contributed by atoms with Crippen LogP contribution >= 0.6 is 0 Å². The van der Waals surface area contributed by atoms with Crippen molar-refractivity contribution in [1.29, 1.82) is 0 Å². The van der Waals surface area contributed by atoms with Gasteiger partial charge in [0, 0.05) is 6.92 Å². The molecule has 0 aliphatic heterocycles. The maximum Gasteiger partial charge on any atom is 0.391 e. The molecule has 0 radical (unpaired) electrons. The Kier molecular flexibility index (Phi) is 4.38. The molecule has 18 heavy (non-hydrogen) atoms. The summed E-state index contributed by atoms with van der Waals surface area (Å²) in [5.41, 5.74) is 2.04. The number of amides is 1. The summed E-state index contributed by atoms with van der Waals surface area (Å²) in [7, 11) is 0. The molecule has 100 valence electrons. The van der Waals surface area contributed by atoms with Crippen LogP contribution < -0.4 is 5.32 Å². The van der Waals surface area contributed by atoms with E-state index in [-0.39, 0.29) is 0 Å². The van der Waals surface area contributed by atoms with E-state index in [0.29, 0.717) is 5.56 Å². The standard InChI is InChI=1S/C13H16F3NO/c1-8-5-4-6-9(2)12(8)11(17-10(3)18)7-13(14,15)16/h4-6,11H,7H2,1-3H3,(H,17,18). The third kappa shape index (κ3) is 4.05. The van der Waals surface area contributed by atoms with Crippen molar-refractivity contribution in [1.82, 2.24) is 5.32 Å². The first-order valence-corrected chi connectivity index (χ1v) is 5.60. The van der Waals surface area contributed by atoms with Crippen LogP contribution in [0.25, 0.3) is 0 Å². The summed E-state index contributed by atoms with van der Waals surface area (Å²) in [5.74, 6) is -0.466. The number of nitrogens with one attached hydrogen (secondary N) is 1. The van der Waals surface area contributed by atoms with Gasteiger partial charge in [-0.1, -0.05) is 18.2 Å². The minimum absolute atomic E-state index is 0.466. The molecular formula is C13H16F3NO. The lowest BCUT2D eigenvalue weighted by Gasteiger charge is -2.23. The number of carbonyl (C=O) groups excluding carboxylic acids is 1. The number of hydrogen-bond donors (Lipinski definition) is 1. The molecule has 0 heterocycles. The van der Waals surface area contributed by atoms with Crippen LogP contribution in [0.5, 0.6) is 0 Å². The fourth-order valence-electron chi connectivity index (χ4n) is 2.08. The molecule has 2 nitrogen and oxygen atoms in total. The number of benzene rings is 1. The van der Waals surface area contributed by atoms with Crippen LogP contribution in [0.2, 0.25) is 0 Å². The van der Waals surface area contributed by atoms with Gasteiger partial charge in [-0.25, -0.2) is 0 Å². The second-order valence-electron chi connectivity index (χ2n) is 4.38. The number of rotatable bonds is 3. The molecule has 1 N–H and O–H groups in total. The summed E-state index contributed by atoms with van der Waals surface area (Å²) in [4.78, 5) is 11.1. The molecule has 0 aromatic heterocycles. The first-order chi connectivity index (χ1) is 8.20. The van der Waals surface area contributed by atoms with Crippen LogP contribution in [0.15, 0.2) is 18.2 Å². The van der Waals surface area contributed by atoms with Crippen LogP contribution in [-0.4, -0.2) is 12.1 Å². The summed E-state index contributed by atoms with van der Waals surface area (Å²) in [5, 5.41) is 2.38. The smallest absolute Gasteiger partial charge is 0.349 e. The molecule has 1 amide bonds. The lowest BCUT2D eigenvalue weighted by Crippen LogP contribution is -2.31. The van der Waals surface area contributed by atoms with Crippen molar-refractivity contribution in [3.05, 3.63) is 34.9 Å². The Labute approximate surface area is 104 Å². The number of carbonyl (C=O) groups is 1. The highest BCUT2D eigenvalue weighted by Crippen LogP contribution is 2.32. The van der Waals surface area contributed by atoms with E-state index in [9.17, 15) is 18.0 Å². The number of hydrogen-bond acceptors (Lipinski definition) is 1. The number of alkyl halides is 3. The average molecular weight is 259 g/mol. The average Bonchev–Trinajstić information content (AvgIpc) is 2.13. The van der Waals surface area contributed by atoms with Crippen molar-refractivity contribution in [2.45, 2.75) is 39.4 Å². The Morgan fingerprint density at radius 2 is 1.78 bits per heavy atom. The van der Waals surface area contributed by atoms with E-state index < -0.39 is 24.5 Å². The van der Waals surface area contributed by atoms with Gasteiger partial charge in [-0.2, -0.15) is 13.2 Å². The summed E-state index contributed by atoms with van der Waals surface area (Å²) >= 11 is 0. The first-order valence-electron chi connectivity index (χ1n) is 5.60. The van der Waals surface area contributed by atoms with Gasteiger partial charge in [0.05, 0.1) is 12.5 Å². The van der Waals surface area contributed by atoms with Gasteiger partial charge in [0.1, 0.15) is 0 Å². The molecule has 5 heteroatoms. The zero-order chi connectivity index (χ0) is 13.9. The van der Waals surface area contributed by atoms with E-state index in [1.165, 1.54) is 6.92 Å². The molecule has 1 unspecified atom stereocenters. The molecule has 0 spiro atoms. The fraction of sp³-hybridized carbons (Fsp3) is 0.462. The molecule has 0 aliphatic rings. The third-order valence-electron chi connectivity index (χ3n) is 2.70. The van der Waals surface area contributed by atoms with Crippen molar-refractivity contribution < 1.29 is 18.0 Å². The van der Waals surface area contributed by atoms with Gasteiger partial charge in [-0.05, 0) is 30.5 Å². The lowest BCUT2D eigenvalue weighted by molar-refractivity contribution is -0.142. The van der Waals surface area contributed by atoms with E-state index in [1.807, 2.05) is 0 Å². The molecule has 1 atom stereocenters. The first kappa shape index (κ1) is 14.5. The topological polar surface area (TPSA) is 29.1 Å². The van der Waals surface area contributed by atoms with Crippen LogP contribution in [0.1, 0.15) is 36.1 Å². The van der Waals surface area contributed by atoms with Crippen LogP contribution in [0.3, 0.4) is 0 Å². The van der Waals surface area contributed by atoms with Gasteiger partial charge >= 0.3 is 6.18 Å². The van der Waals surface area contributed by atoms with E-state index in [2.05, 4.69) is 5.32 Å². The lowest BCUT2D eigenvalue weighted by atomic mass is 9.94. The minimum atomic E-state index is -4.32. The second kappa shape index (κ2) is 5.42. The number of halogens is 3. The molecular weight excluding hydrogens is 243 g/mol. The normalized spacial score (nSPS) is 13.2. The molecule has 1 aromatic rings. The van der Waals surface area contributed by atoms with Crippen molar-refractivity contribution in [2.24, 2.45) is 0 Å². The van der Waals surface area contributed by atoms with E-state index in [0.717, 1.165) is 11.1 Å². The van der Waals surface area contributed by atoms with Crippen LogP contribution in [-0.2, 0) is 4.79 Å². The summed E-state index contributed by atoms with van der Waals surface area (Å²) < 4.78 is 37.7. The van der Waals surface area contributed by atoms with E-state index in [4.69, 9.17) is 0 Å². The number of aryl methyl sites for hydroxylation is 2. The molecule has 0 bridgehead atoms. The molecule has 0 saturated carbocycles. The maximum atomic E-state index is 12.6. The predicted molar refractivity (Wildman–Crippen MR) is 63.1 cm³/mol. The quantitative estimate of drug-likeness (QED) is 0.885. The molecule has 0 fully saturated rings. The van der Waals surface area contributed by atoms with Crippen molar-refractivity contribution in [2.75, 3.05) is 0 Å². The largest absolute Gasteiger partial charge is 0.391 e. The predicted octanol–water partition coefficient (Wildman–Crippen LogP) is 3.43. The van der Waals surface area contributed by atoms with Gasteiger partial charge in [-0.3, -0.25) is 4.79 Å². The highest BCUT2D eigenvalue weighted by Gasteiger charge is 2.34. The summed E-state index contributed by atoms with van der Waals surface area (Å²) in [6.07, 6.45) is -5.37. The SMILES string of the molecule is CC(=O)NC(CC(F)(F)F)c1c(C)cccc1C. The fourth-order valence-corrected chi connectivity index (χ4v) is 2.08. The van der Waals surface area contributed by atoms with Crippen LogP contribution in [0, 0.1) is 13.8 Å². The Balaban J connectivity index is 3.13. The highest BCUT2D eigenvalue weighted by molar-refractivity contribution is 5.73. The Morgan fingerprint density at radius 1 is 1.28 bits per heavy atom. The van der Waals surface area contributed by atoms with Gasteiger partial charge in [0.2, 0.25) is 5.91 Å². The Hall–Kier alpha value is -1.52. The minimum Gasteiger partial charge on any atom is -0.349 e. The van der Waals surface area contributed by atoms with Crippen LogP contribution in [0.4, 0.5) is 13.2 Å². The molecule has 1 rings (SSSR count). The van der Waals surface area contributed by atoms with Crippen molar-refractivity contribution in [3.8, 4) is 0 Å². The van der Waals surface area contributed by atoms with Gasteiger partial charge in [0.15, 0.2) is 0 Å². The van der Waals surface area contributed by atoms with Crippen molar-refractivity contribution in [3.63, 3.8) is 0 Å². The summed E-state index contributed by atoms with van der Waals surface area (Å²) in [6, 6.07) is 4.25. The molecule has 0 aliphatic carbocycles. The molecule has 1 aromatic carbocycles. The zero-order valence-corrected chi connectivity index (χ0v) is 10.6. The Bertz CT molecular complexity index is 420. The van der Waals surface area contributed by atoms with E-state index in [1.54, 1.807) is 32.0 Å². The van der Waals surface area contributed by atoms with Crippen molar-refractivity contribution >= 4 is 5.91 Å². The van der Waals surface area contributed by atoms with Gasteiger partial charge in [0.25, 0.3) is 0 Å². The third-order valence-corrected chi connectivity index (χ3v) is 2.70.